The van der Waals surface area contributed by atoms with E-state index in [1.54, 1.807) is 18.0 Å². The number of hydrogen-bond donors (Lipinski definition) is 3. The summed E-state index contributed by atoms with van der Waals surface area (Å²) in [5.74, 6) is 0.396. The van der Waals surface area contributed by atoms with Crippen LogP contribution in [0.3, 0.4) is 0 Å². The van der Waals surface area contributed by atoms with E-state index in [4.69, 9.17) is 4.74 Å². The van der Waals surface area contributed by atoms with E-state index in [0.717, 1.165) is 41.2 Å². The van der Waals surface area contributed by atoms with Gasteiger partial charge in [-0.2, -0.15) is 5.10 Å². The molecule has 0 spiro atoms. The van der Waals surface area contributed by atoms with Crippen LogP contribution >= 0.6 is 0 Å². The Morgan fingerprint density at radius 2 is 2.14 bits per heavy atom. The molecule has 0 aromatic heterocycles. The van der Waals surface area contributed by atoms with Crippen molar-refractivity contribution in [1.29, 1.82) is 0 Å². The van der Waals surface area contributed by atoms with E-state index in [1.807, 2.05) is 18.2 Å². The fraction of sp³-hybridized carbons (Fsp3) is 0.300. The summed E-state index contributed by atoms with van der Waals surface area (Å²) in [5, 5.41) is 10.9. The van der Waals surface area contributed by atoms with Gasteiger partial charge in [0, 0.05) is 37.0 Å². The van der Waals surface area contributed by atoms with Gasteiger partial charge in [-0.3, -0.25) is 0 Å². The summed E-state index contributed by atoms with van der Waals surface area (Å²) in [6.45, 7) is 2.04. The zero-order chi connectivity index (χ0) is 19.3. The first-order valence-electron chi connectivity index (χ1n) is 9.23. The molecule has 3 heterocycles. The van der Waals surface area contributed by atoms with E-state index in [-0.39, 0.29) is 17.9 Å². The molecule has 1 atom stereocenters. The summed E-state index contributed by atoms with van der Waals surface area (Å²) in [6.07, 6.45) is 0. The summed E-state index contributed by atoms with van der Waals surface area (Å²) in [5.41, 5.74) is 6.66. The Kier molecular flexibility index (Phi) is 3.94. The second kappa shape index (κ2) is 6.49. The van der Waals surface area contributed by atoms with Crippen LogP contribution in [0.25, 0.3) is 11.1 Å². The fourth-order valence-electron chi connectivity index (χ4n) is 3.81. The summed E-state index contributed by atoms with van der Waals surface area (Å²) >= 11 is 0. The van der Waals surface area contributed by atoms with Gasteiger partial charge in [-0.05, 0) is 29.8 Å². The van der Waals surface area contributed by atoms with Gasteiger partial charge in [0.15, 0.2) is 0 Å². The Balaban J connectivity index is 1.64. The summed E-state index contributed by atoms with van der Waals surface area (Å²) in [7, 11) is 1.74. The molecule has 2 aromatic rings. The van der Waals surface area contributed by atoms with Crippen LogP contribution in [0.5, 0.6) is 5.75 Å². The van der Waals surface area contributed by atoms with Gasteiger partial charge in [-0.15, -0.1) is 0 Å². The number of amides is 2. The number of halogens is 1. The standard InChI is InChI=1S/C20H20FN5O2/c1-26-19-15-6-16(23-13-8-22-9-13)14(11-3-2-4-12(21)5-11)7-18(15)28-10-17(19)24-25-20(26)27/h2-7,13,19,22-23H,8-10H2,1H3,(H,25,27). The number of nitrogens with one attached hydrogen (secondary N) is 3. The summed E-state index contributed by atoms with van der Waals surface area (Å²) < 4.78 is 19.8. The number of benzene rings is 2. The molecule has 0 radical (unpaired) electrons. The number of fused-ring (bicyclic) bond motifs is 3. The number of carbonyl (C=O) groups excluding carboxylic acids is 1. The van der Waals surface area contributed by atoms with Crippen LogP contribution in [-0.4, -0.2) is 49.4 Å². The van der Waals surface area contributed by atoms with Crippen molar-refractivity contribution >= 4 is 17.4 Å². The molecule has 0 aliphatic carbocycles. The molecule has 144 valence electrons. The minimum absolute atomic E-state index is 0.256. The van der Waals surface area contributed by atoms with E-state index in [1.165, 1.54) is 12.1 Å². The number of carbonyl (C=O) groups is 1. The Hall–Kier alpha value is -3.13. The lowest BCUT2D eigenvalue weighted by molar-refractivity contribution is 0.192. The first-order valence-corrected chi connectivity index (χ1v) is 9.23. The highest BCUT2D eigenvalue weighted by Gasteiger charge is 2.37. The number of nitrogens with zero attached hydrogens (tertiary/aromatic N) is 2. The average molecular weight is 381 g/mol. The van der Waals surface area contributed by atoms with E-state index in [0.29, 0.717) is 18.4 Å². The van der Waals surface area contributed by atoms with Gasteiger partial charge in [-0.1, -0.05) is 12.1 Å². The second-order valence-electron chi connectivity index (χ2n) is 7.27. The highest BCUT2D eigenvalue weighted by molar-refractivity contribution is 6.00. The molecule has 1 fully saturated rings. The Labute approximate surface area is 161 Å². The third-order valence-corrected chi connectivity index (χ3v) is 5.42. The van der Waals surface area contributed by atoms with E-state index in [9.17, 15) is 9.18 Å². The molecule has 0 bridgehead atoms. The van der Waals surface area contributed by atoms with E-state index < -0.39 is 0 Å². The molecular weight excluding hydrogens is 361 g/mol. The molecule has 2 aromatic carbocycles. The van der Waals surface area contributed by atoms with E-state index >= 15 is 0 Å². The van der Waals surface area contributed by atoms with Crippen molar-refractivity contribution in [2.75, 3.05) is 32.1 Å². The topological polar surface area (TPSA) is 78.0 Å². The van der Waals surface area contributed by atoms with Crippen molar-refractivity contribution in [1.82, 2.24) is 15.6 Å². The molecule has 28 heavy (non-hydrogen) atoms. The largest absolute Gasteiger partial charge is 0.487 e. The van der Waals surface area contributed by atoms with Gasteiger partial charge in [0.25, 0.3) is 0 Å². The SMILES string of the molecule is CN1C(=O)NN=C2COc3cc(-c4cccc(F)c4)c(NC4CNC4)cc3C21. The number of rotatable bonds is 3. The Bertz CT molecular complexity index is 989. The molecule has 5 rings (SSSR count). The molecular formula is C20H20FN5O2. The predicted octanol–water partition coefficient (Wildman–Crippen LogP) is 2.32. The molecule has 7 nitrogen and oxygen atoms in total. The number of hydrazone groups is 1. The molecule has 1 unspecified atom stereocenters. The van der Waals surface area contributed by atoms with Crippen molar-refractivity contribution in [2.45, 2.75) is 12.1 Å². The first-order chi connectivity index (χ1) is 13.6. The third-order valence-electron chi connectivity index (χ3n) is 5.42. The molecule has 3 aliphatic heterocycles. The third kappa shape index (κ3) is 2.77. The zero-order valence-corrected chi connectivity index (χ0v) is 15.3. The van der Waals surface area contributed by atoms with Gasteiger partial charge in [0.2, 0.25) is 0 Å². The summed E-state index contributed by atoms with van der Waals surface area (Å²) in [4.78, 5) is 13.7. The zero-order valence-electron chi connectivity index (χ0n) is 15.3. The molecule has 0 saturated carbocycles. The molecule has 3 aliphatic rings. The smallest absolute Gasteiger partial charge is 0.338 e. The fourth-order valence-corrected chi connectivity index (χ4v) is 3.81. The molecule has 1 saturated heterocycles. The van der Waals surface area contributed by atoms with Gasteiger partial charge >= 0.3 is 6.03 Å². The highest BCUT2D eigenvalue weighted by Crippen LogP contribution is 2.42. The maximum absolute atomic E-state index is 13.9. The Morgan fingerprint density at radius 1 is 1.29 bits per heavy atom. The van der Waals surface area contributed by atoms with E-state index in [2.05, 4.69) is 21.2 Å². The van der Waals surface area contributed by atoms with Gasteiger partial charge in [0.1, 0.15) is 29.9 Å². The quantitative estimate of drug-likeness (QED) is 0.763. The lowest BCUT2D eigenvalue weighted by Gasteiger charge is -2.37. The molecule has 3 N–H and O–H groups in total. The van der Waals surface area contributed by atoms with Crippen molar-refractivity contribution in [2.24, 2.45) is 5.10 Å². The monoisotopic (exact) mass is 381 g/mol. The van der Waals surface area contributed by atoms with Crippen LogP contribution in [0.1, 0.15) is 11.6 Å². The number of hydrogen-bond acceptors (Lipinski definition) is 5. The average Bonchev–Trinajstić information content (AvgIpc) is 2.66. The van der Waals surface area contributed by atoms with Gasteiger partial charge in [-0.25, -0.2) is 14.6 Å². The molecule has 2 amide bonds. The van der Waals surface area contributed by atoms with Gasteiger partial charge < -0.3 is 20.3 Å². The van der Waals surface area contributed by atoms with Crippen molar-refractivity contribution in [3.8, 4) is 16.9 Å². The normalized spacial score (nSPS) is 20.9. The summed E-state index contributed by atoms with van der Waals surface area (Å²) in [6, 6.07) is 10.2. The van der Waals surface area contributed by atoms with Crippen molar-refractivity contribution < 1.29 is 13.9 Å². The lowest BCUT2D eigenvalue weighted by atomic mass is 9.92. The number of urea groups is 1. The van der Waals surface area contributed by atoms with Crippen LogP contribution in [0.4, 0.5) is 14.9 Å². The van der Waals surface area contributed by atoms with Crippen LogP contribution < -0.4 is 20.8 Å². The highest BCUT2D eigenvalue weighted by atomic mass is 19.1. The lowest BCUT2D eigenvalue weighted by Crippen LogP contribution is -2.51. The van der Waals surface area contributed by atoms with Crippen molar-refractivity contribution in [3.05, 3.63) is 47.8 Å². The Morgan fingerprint density at radius 3 is 2.89 bits per heavy atom. The molecule has 8 heteroatoms. The number of anilines is 1. The van der Waals surface area contributed by atoms with Crippen molar-refractivity contribution in [3.63, 3.8) is 0 Å². The van der Waals surface area contributed by atoms with Crippen LogP contribution in [0.15, 0.2) is 41.5 Å². The second-order valence-corrected chi connectivity index (χ2v) is 7.27. The van der Waals surface area contributed by atoms with Gasteiger partial charge in [0.05, 0.1) is 6.04 Å². The first kappa shape index (κ1) is 17.0. The van der Waals surface area contributed by atoms with Crippen LogP contribution in [0.2, 0.25) is 0 Å². The maximum Gasteiger partial charge on any atom is 0.338 e. The van der Waals surface area contributed by atoms with Crippen LogP contribution in [-0.2, 0) is 0 Å². The minimum atomic E-state index is -0.287. The number of ether oxygens (including phenoxy) is 1. The predicted molar refractivity (Wildman–Crippen MR) is 104 cm³/mol. The minimum Gasteiger partial charge on any atom is -0.487 e. The maximum atomic E-state index is 13.9. The van der Waals surface area contributed by atoms with Crippen LogP contribution in [0, 0.1) is 5.82 Å².